The number of nitrogens with zero attached hydrogens (tertiary/aromatic N) is 4. The van der Waals surface area contributed by atoms with Crippen molar-refractivity contribution in [3.63, 3.8) is 0 Å². The SMILES string of the molecule is Cc1cc(C)n2nc(SCC(=O)Nc3sc(-c4ccccc4)cc3C(N)=O)nc2n1. The quantitative estimate of drug-likeness (QED) is 0.446. The van der Waals surface area contributed by atoms with E-state index in [4.69, 9.17) is 5.73 Å². The lowest BCUT2D eigenvalue weighted by Crippen LogP contribution is -2.17. The summed E-state index contributed by atoms with van der Waals surface area (Å²) in [6.07, 6.45) is 0. The number of carbonyl (C=O) groups excluding carboxylic acids is 2. The first-order valence-electron chi connectivity index (χ1n) is 9.03. The first-order chi connectivity index (χ1) is 14.4. The van der Waals surface area contributed by atoms with Gasteiger partial charge in [-0.3, -0.25) is 9.59 Å². The molecule has 4 aromatic rings. The highest BCUT2D eigenvalue weighted by Crippen LogP contribution is 2.35. The fourth-order valence-corrected chi connectivity index (χ4v) is 4.62. The van der Waals surface area contributed by atoms with Gasteiger partial charge >= 0.3 is 0 Å². The van der Waals surface area contributed by atoms with Crippen molar-refractivity contribution in [2.24, 2.45) is 5.73 Å². The summed E-state index contributed by atoms with van der Waals surface area (Å²) in [6, 6.07) is 13.2. The Morgan fingerprint density at radius 1 is 1.17 bits per heavy atom. The minimum absolute atomic E-state index is 0.0890. The van der Waals surface area contributed by atoms with Gasteiger partial charge in [-0.2, -0.15) is 4.98 Å². The molecule has 0 aliphatic carbocycles. The highest BCUT2D eigenvalue weighted by Gasteiger charge is 2.18. The van der Waals surface area contributed by atoms with Crippen LogP contribution in [0.2, 0.25) is 0 Å². The van der Waals surface area contributed by atoms with Crippen LogP contribution in [-0.4, -0.2) is 37.1 Å². The van der Waals surface area contributed by atoms with Crippen LogP contribution in [0.15, 0.2) is 47.6 Å². The summed E-state index contributed by atoms with van der Waals surface area (Å²) >= 11 is 2.51. The molecule has 8 nitrogen and oxygen atoms in total. The third-order valence-electron chi connectivity index (χ3n) is 4.24. The number of thiophene rings is 1. The van der Waals surface area contributed by atoms with Crippen molar-refractivity contribution in [2.75, 3.05) is 11.1 Å². The molecular weight excluding hydrogens is 420 g/mol. The number of anilines is 1. The van der Waals surface area contributed by atoms with E-state index >= 15 is 0 Å². The van der Waals surface area contributed by atoms with Gasteiger partial charge in [-0.15, -0.1) is 16.4 Å². The molecule has 3 heterocycles. The van der Waals surface area contributed by atoms with E-state index in [2.05, 4.69) is 20.4 Å². The highest BCUT2D eigenvalue weighted by atomic mass is 32.2. The number of hydrogen-bond acceptors (Lipinski definition) is 7. The molecule has 0 unspecified atom stereocenters. The molecule has 0 spiro atoms. The number of carbonyl (C=O) groups is 2. The molecule has 0 atom stereocenters. The predicted octanol–water partition coefficient (Wildman–Crippen LogP) is 3.30. The number of thioether (sulfide) groups is 1. The van der Waals surface area contributed by atoms with Gasteiger partial charge in [-0.05, 0) is 31.5 Å². The van der Waals surface area contributed by atoms with Crippen molar-refractivity contribution in [3.8, 4) is 10.4 Å². The van der Waals surface area contributed by atoms with Gasteiger partial charge in [-0.25, -0.2) is 9.50 Å². The number of primary amides is 1. The fraction of sp³-hybridized carbons (Fsp3) is 0.150. The number of rotatable bonds is 6. The van der Waals surface area contributed by atoms with Crippen molar-refractivity contribution >= 4 is 45.7 Å². The maximum absolute atomic E-state index is 12.5. The van der Waals surface area contributed by atoms with Crippen LogP contribution in [0, 0.1) is 13.8 Å². The van der Waals surface area contributed by atoms with Gasteiger partial charge in [0.2, 0.25) is 11.1 Å². The van der Waals surface area contributed by atoms with Gasteiger partial charge in [-0.1, -0.05) is 42.1 Å². The average molecular weight is 439 g/mol. The van der Waals surface area contributed by atoms with Gasteiger partial charge < -0.3 is 11.1 Å². The minimum Gasteiger partial charge on any atom is -0.366 e. The average Bonchev–Trinajstić information content (AvgIpc) is 3.31. The van der Waals surface area contributed by atoms with Crippen LogP contribution in [0.4, 0.5) is 5.00 Å². The molecule has 0 saturated carbocycles. The number of benzene rings is 1. The lowest BCUT2D eigenvalue weighted by molar-refractivity contribution is -0.113. The second-order valence-electron chi connectivity index (χ2n) is 6.57. The number of aromatic nitrogens is 4. The summed E-state index contributed by atoms with van der Waals surface area (Å²) in [5, 5.41) is 8.05. The van der Waals surface area contributed by atoms with E-state index in [1.165, 1.54) is 23.1 Å². The monoisotopic (exact) mass is 438 g/mol. The van der Waals surface area contributed by atoms with E-state index in [0.29, 0.717) is 21.5 Å². The van der Waals surface area contributed by atoms with Gasteiger partial charge in [0.1, 0.15) is 5.00 Å². The molecule has 3 aromatic heterocycles. The molecule has 0 bridgehead atoms. The molecule has 0 aliphatic rings. The number of aryl methyl sites for hydroxylation is 2. The van der Waals surface area contributed by atoms with Crippen LogP contribution in [0.5, 0.6) is 0 Å². The molecule has 0 aliphatic heterocycles. The molecule has 0 saturated heterocycles. The standard InChI is InChI=1S/C20H18N6O2S2/c1-11-8-12(2)26-19(22-11)24-20(25-26)29-10-16(27)23-18-14(17(21)28)9-15(30-18)13-6-4-3-5-7-13/h3-9H,10H2,1-2H3,(H2,21,28)(H,23,27). The Bertz CT molecular complexity index is 1250. The molecule has 4 rings (SSSR count). The zero-order valence-electron chi connectivity index (χ0n) is 16.2. The topological polar surface area (TPSA) is 115 Å². The van der Waals surface area contributed by atoms with E-state index in [-0.39, 0.29) is 11.7 Å². The Morgan fingerprint density at radius 3 is 2.67 bits per heavy atom. The molecule has 30 heavy (non-hydrogen) atoms. The third kappa shape index (κ3) is 4.19. The molecule has 2 amide bonds. The number of nitrogens with one attached hydrogen (secondary N) is 1. The minimum atomic E-state index is -0.588. The molecule has 152 valence electrons. The van der Waals surface area contributed by atoms with Crippen LogP contribution in [0.25, 0.3) is 16.2 Å². The van der Waals surface area contributed by atoms with E-state index in [0.717, 1.165) is 21.8 Å². The van der Waals surface area contributed by atoms with Crippen molar-refractivity contribution in [2.45, 2.75) is 19.0 Å². The maximum atomic E-state index is 12.5. The molecule has 3 N–H and O–H groups in total. The van der Waals surface area contributed by atoms with Crippen molar-refractivity contribution in [1.29, 1.82) is 0 Å². The smallest absolute Gasteiger partial charge is 0.253 e. The predicted molar refractivity (Wildman–Crippen MR) is 118 cm³/mol. The summed E-state index contributed by atoms with van der Waals surface area (Å²) in [7, 11) is 0. The van der Waals surface area contributed by atoms with Crippen molar-refractivity contribution < 1.29 is 9.59 Å². The Kier molecular flexibility index (Phi) is 5.51. The van der Waals surface area contributed by atoms with Gasteiger partial charge in [0.05, 0.1) is 11.3 Å². The summed E-state index contributed by atoms with van der Waals surface area (Å²) in [5.74, 6) is -0.276. The van der Waals surface area contributed by atoms with Crippen LogP contribution in [0.1, 0.15) is 21.7 Å². The van der Waals surface area contributed by atoms with Crippen molar-refractivity contribution in [1.82, 2.24) is 19.6 Å². The molecular formula is C20H18N6O2S2. The summed E-state index contributed by atoms with van der Waals surface area (Å²) < 4.78 is 1.64. The summed E-state index contributed by atoms with van der Waals surface area (Å²) in [4.78, 5) is 33.9. The second-order valence-corrected chi connectivity index (χ2v) is 8.56. The fourth-order valence-electron chi connectivity index (χ4n) is 2.91. The van der Waals surface area contributed by atoms with E-state index in [9.17, 15) is 9.59 Å². The summed E-state index contributed by atoms with van der Waals surface area (Å²) in [5.41, 5.74) is 8.51. The third-order valence-corrected chi connectivity index (χ3v) is 6.18. The lowest BCUT2D eigenvalue weighted by atomic mass is 10.1. The van der Waals surface area contributed by atoms with Crippen molar-refractivity contribution in [3.05, 3.63) is 59.4 Å². The second kappa shape index (κ2) is 8.25. The number of nitrogens with two attached hydrogens (primary N) is 1. The summed E-state index contributed by atoms with van der Waals surface area (Å²) in [6.45, 7) is 3.81. The first kappa shape index (κ1) is 20.0. The molecule has 0 fully saturated rings. The van der Waals surface area contributed by atoms with E-state index < -0.39 is 5.91 Å². The highest BCUT2D eigenvalue weighted by molar-refractivity contribution is 7.99. The molecule has 0 radical (unpaired) electrons. The Labute approximate surface area is 180 Å². The lowest BCUT2D eigenvalue weighted by Gasteiger charge is -2.03. The van der Waals surface area contributed by atoms with Crippen LogP contribution in [-0.2, 0) is 4.79 Å². The zero-order chi connectivity index (χ0) is 21.3. The molecule has 1 aromatic carbocycles. The molecule has 10 heteroatoms. The number of hydrogen-bond donors (Lipinski definition) is 2. The number of fused-ring (bicyclic) bond motifs is 1. The van der Waals surface area contributed by atoms with Gasteiger partial charge in [0, 0.05) is 16.3 Å². The largest absolute Gasteiger partial charge is 0.366 e. The van der Waals surface area contributed by atoms with Gasteiger partial charge in [0.25, 0.3) is 11.7 Å². The van der Waals surface area contributed by atoms with E-state index in [1.807, 2.05) is 50.2 Å². The van der Waals surface area contributed by atoms with Crippen LogP contribution < -0.4 is 11.1 Å². The van der Waals surface area contributed by atoms with E-state index in [1.54, 1.807) is 10.6 Å². The maximum Gasteiger partial charge on any atom is 0.253 e. The van der Waals surface area contributed by atoms with Crippen LogP contribution in [0.3, 0.4) is 0 Å². The van der Waals surface area contributed by atoms with Gasteiger partial charge in [0.15, 0.2) is 0 Å². The number of amides is 2. The zero-order valence-corrected chi connectivity index (χ0v) is 17.9. The Balaban J connectivity index is 1.48. The Morgan fingerprint density at radius 2 is 1.93 bits per heavy atom. The van der Waals surface area contributed by atoms with Crippen LogP contribution >= 0.6 is 23.1 Å². The normalized spacial score (nSPS) is 11.0. The first-order valence-corrected chi connectivity index (χ1v) is 10.8. The Hall–Kier alpha value is -3.24.